The fourth-order valence-electron chi connectivity index (χ4n) is 2.77. The van der Waals surface area contributed by atoms with Crippen molar-refractivity contribution in [1.82, 2.24) is 15.6 Å². The number of hydrogen-bond donors (Lipinski definition) is 1. The van der Waals surface area contributed by atoms with Crippen molar-refractivity contribution in [3.8, 4) is 17.2 Å². The molecule has 1 N–H and O–H groups in total. The number of carbonyl (C=O) groups excluding carboxylic acids is 1. The molecule has 0 spiro atoms. The van der Waals surface area contributed by atoms with E-state index in [9.17, 15) is 4.79 Å². The Balaban J connectivity index is 1.55. The van der Waals surface area contributed by atoms with E-state index in [-0.39, 0.29) is 11.8 Å². The number of fused-ring (bicyclic) bond motifs is 1. The Morgan fingerprint density at radius 1 is 1.22 bits per heavy atom. The topological polar surface area (TPSA) is 89.6 Å². The zero-order valence-corrected chi connectivity index (χ0v) is 16.0. The molecule has 7 nitrogen and oxygen atoms in total. The summed E-state index contributed by atoms with van der Waals surface area (Å²) in [6, 6.07) is 13.2. The van der Waals surface area contributed by atoms with Gasteiger partial charge in [0.15, 0.2) is 0 Å². The van der Waals surface area contributed by atoms with Crippen LogP contribution >= 0.6 is 15.9 Å². The highest BCUT2D eigenvalue weighted by Crippen LogP contribution is 2.34. The molecule has 1 aromatic heterocycles. The Hall–Kier alpha value is -3.00. The van der Waals surface area contributed by atoms with Crippen molar-refractivity contribution >= 4 is 27.5 Å². The Bertz CT molecular complexity index is 1030. The molecule has 3 aromatic rings. The van der Waals surface area contributed by atoms with E-state index >= 15 is 0 Å². The molecule has 0 atom stereocenters. The SMILES string of the molecule is Cc1cc(Br)c2c(c1)C(=NNC(=O)c1nnc(-c3ccccc3)o1)CCO2. The van der Waals surface area contributed by atoms with Gasteiger partial charge in [0, 0.05) is 17.5 Å². The van der Waals surface area contributed by atoms with E-state index in [0.29, 0.717) is 13.0 Å². The second kappa shape index (κ2) is 7.32. The third-order valence-electron chi connectivity index (χ3n) is 4.02. The van der Waals surface area contributed by atoms with Crippen LogP contribution in [0.5, 0.6) is 5.75 Å². The second-order valence-corrected chi connectivity index (χ2v) is 6.85. The lowest BCUT2D eigenvalue weighted by Crippen LogP contribution is -2.24. The third-order valence-corrected chi connectivity index (χ3v) is 4.61. The highest BCUT2D eigenvalue weighted by atomic mass is 79.9. The molecule has 1 aliphatic rings. The fourth-order valence-corrected chi connectivity index (χ4v) is 3.46. The number of amides is 1. The largest absolute Gasteiger partial charge is 0.491 e. The third kappa shape index (κ3) is 3.61. The molecule has 8 heteroatoms. The van der Waals surface area contributed by atoms with Gasteiger partial charge in [-0.2, -0.15) is 5.10 Å². The van der Waals surface area contributed by atoms with E-state index in [0.717, 1.165) is 32.6 Å². The molecule has 0 saturated carbocycles. The number of halogens is 1. The molecule has 0 fully saturated rings. The average molecular weight is 427 g/mol. The van der Waals surface area contributed by atoms with Gasteiger partial charge in [0.25, 0.3) is 0 Å². The number of nitrogens with zero attached hydrogens (tertiary/aromatic N) is 3. The normalized spacial score (nSPS) is 14.5. The maximum Gasteiger partial charge on any atom is 0.328 e. The summed E-state index contributed by atoms with van der Waals surface area (Å²) in [5.74, 6) is 0.307. The van der Waals surface area contributed by atoms with E-state index in [1.807, 2.05) is 49.4 Å². The first kappa shape index (κ1) is 17.4. The van der Waals surface area contributed by atoms with Crippen LogP contribution in [0.25, 0.3) is 11.5 Å². The molecule has 2 heterocycles. The molecule has 1 amide bonds. The van der Waals surface area contributed by atoms with Gasteiger partial charge in [-0.25, -0.2) is 5.43 Å². The first-order chi connectivity index (χ1) is 13.1. The van der Waals surface area contributed by atoms with Gasteiger partial charge in [0.1, 0.15) is 5.75 Å². The van der Waals surface area contributed by atoms with Gasteiger partial charge in [-0.3, -0.25) is 4.79 Å². The quantitative estimate of drug-likeness (QED) is 0.644. The van der Waals surface area contributed by atoms with E-state index in [1.165, 1.54) is 0 Å². The van der Waals surface area contributed by atoms with Crippen LogP contribution in [0.2, 0.25) is 0 Å². The molecular formula is C19H15BrN4O3. The smallest absolute Gasteiger partial charge is 0.328 e. The maximum atomic E-state index is 12.3. The van der Waals surface area contributed by atoms with Crippen molar-refractivity contribution in [2.75, 3.05) is 6.61 Å². The van der Waals surface area contributed by atoms with Crippen LogP contribution in [0.1, 0.15) is 28.2 Å². The number of aryl methyl sites for hydroxylation is 1. The molecule has 27 heavy (non-hydrogen) atoms. The highest BCUT2D eigenvalue weighted by Gasteiger charge is 2.21. The zero-order chi connectivity index (χ0) is 18.8. The lowest BCUT2D eigenvalue weighted by molar-refractivity contribution is 0.0920. The Morgan fingerprint density at radius 3 is 2.85 bits per heavy atom. The predicted octanol–water partition coefficient (Wildman–Crippen LogP) is 3.72. The summed E-state index contributed by atoms with van der Waals surface area (Å²) >= 11 is 3.50. The van der Waals surface area contributed by atoms with E-state index in [1.54, 1.807) is 0 Å². The Labute approximate surface area is 163 Å². The lowest BCUT2D eigenvalue weighted by Gasteiger charge is -2.20. The van der Waals surface area contributed by atoms with Crippen LogP contribution in [-0.4, -0.2) is 28.4 Å². The van der Waals surface area contributed by atoms with Gasteiger partial charge in [0.2, 0.25) is 5.89 Å². The summed E-state index contributed by atoms with van der Waals surface area (Å²) < 4.78 is 12.0. The minimum Gasteiger partial charge on any atom is -0.491 e. The van der Waals surface area contributed by atoms with Crippen molar-refractivity contribution in [2.45, 2.75) is 13.3 Å². The van der Waals surface area contributed by atoms with Gasteiger partial charge < -0.3 is 9.15 Å². The van der Waals surface area contributed by atoms with Crippen LogP contribution < -0.4 is 10.2 Å². The number of hydrogen-bond acceptors (Lipinski definition) is 6. The standard InChI is InChI=1S/C19H15BrN4O3/c1-11-9-13-15(7-8-26-16(13)14(20)10-11)21-22-17(25)19-24-23-18(27-19)12-5-3-2-4-6-12/h2-6,9-10H,7-8H2,1H3,(H,22,25). The van der Waals surface area contributed by atoms with Crippen LogP contribution in [0.4, 0.5) is 0 Å². The van der Waals surface area contributed by atoms with Crippen molar-refractivity contribution in [2.24, 2.45) is 5.10 Å². The van der Waals surface area contributed by atoms with E-state index < -0.39 is 5.91 Å². The Morgan fingerprint density at radius 2 is 2.04 bits per heavy atom. The number of rotatable bonds is 3. The molecule has 2 aromatic carbocycles. The summed E-state index contributed by atoms with van der Waals surface area (Å²) in [5, 5.41) is 12.0. The average Bonchev–Trinajstić information content (AvgIpc) is 3.17. The zero-order valence-electron chi connectivity index (χ0n) is 14.4. The second-order valence-electron chi connectivity index (χ2n) is 6.00. The minimum absolute atomic E-state index is 0.143. The number of ether oxygens (including phenoxy) is 1. The van der Waals surface area contributed by atoms with E-state index in [4.69, 9.17) is 9.15 Å². The summed E-state index contributed by atoms with van der Waals surface area (Å²) in [5.41, 5.74) is 5.89. The minimum atomic E-state index is -0.558. The van der Waals surface area contributed by atoms with Crippen LogP contribution in [0.15, 0.2) is 56.5 Å². The first-order valence-electron chi connectivity index (χ1n) is 8.31. The Kier molecular flexibility index (Phi) is 4.72. The fraction of sp³-hybridized carbons (Fsp3) is 0.158. The van der Waals surface area contributed by atoms with Crippen molar-refractivity contribution in [1.29, 1.82) is 0 Å². The molecule has 4 rings (SSSR count). The number of benzene rings is 2. The van der Waals surface area contributed by atoms with Crippen LogP contribution in [0.3, 0.4) is 0 Å². The lowest BCUT2D eigenvalue weighted by atomic mass is 10.0. The number of nitrogens with one attached hydrogen (secondary N) is 1. The van der Waals surface area contributed by atoms with Gasteiger partial charge >= 0.3 is 11.8 Å². The summed E-state index contributed by atoms with van der Waals surface area (Å²) in [6.45, 7) is 2.47. The van der Waals surface area contributed by atoms with Gasteiger partial charge in [0.05, 0.1) is 16.8 Å². The molecule has 0 bridgehead atoms. The van der Waals surface area contributed by atoms with Crippen LogP contribution in [0, 0.1) is 6.92 Å². The molecule has 0 saturated heterocycles. The van der Waals surface area contributed by atoms with Crippen LogP contribution in [-0.2, 0) is 0 Å². The van der Waals surface area contributed by atoms with Gasteiger partial charge in [-0.1, -0.05) is 18.2 Å². The summed E-state index contributed by atoms with van der Waals surface area (Å²) in [6.07, 6.45) is 0.586. The molecular weight excluding hydrogens is 412 g/mol. The summed E-state index contributed by atoms with van der Waals surface area (Å²) in [7, 11) is 0. The van der Waals surface area contributed by atoms with Gasteiger partial charge in [-0.15, -0.1) is 10.2 Å². The molecule has 0 unspecified atom stereocenters. The number of hydrazone groups is 1. The highest BCUT2D eigenvalue weighted by molar-refractivity contribution is 9.10. The maximum absolute atomic E-state index is 12.3. The van der Waals surface area contributed by atoms with Gasteiger partial charge in [-0.05, 0) is 52.7 Å². The number of aromatic nitrogens is 2. The van der Waals surface area contributed by atoms with E-state index in [2.05, 4.69) is 36.7 Å². The van der Waals surface area contributed by atoms with Crippen molar-refractivity contribution < 1.29 is 13.9 Å². The number of carbonyl (C=O) groups is 1. The molecule has 1 aliphatic heterocycles. The van der Waals surface area contributed by atoms with Crippen molar-refractivity contribution in [3.05, 3.63) is 64.0 Å². The first-order valence-corrected chi connectivity index (χ1v) is 9.10. The summed E-state index contributed by atoms with van der Waals surface area (Å²) in [4.78, 5) is 12.3. The predicted molar refractivity (Wildman–Crippen MR) is 103 cm³/mol. The molecule has 136 valence electrons. The molecule has 0 radical (unpaired) electrons. The van der Waals surface area contributed by atoms with Crippen molar-refractivity contribution in [3.63, 3.8) is 0 Å². The molecule has 0 aliphatic carbocycles. The monoisotopic (exact) mass is 426 g/mol.